The molecule has 1 aromatic heterocycles. The number of hydrogen-bond donors (Lipinski definition) is 2. The number of sulfonamides is 1. The molecule has 15 heteroatoms. The van der Waals surface area contributed by atoms with Gasteiger partial charge in [-0.2, -0.15) is 23.2 Å². The van der Waals surface area contributed by atoms with Crippen molar-refractivity contribution in [2.75, 3.05) is 6.29 Å². The normalized spacial score (nSPS) is 14.2. The fourth-order valence-corrected chi connectivity index (χ4v) is 7.07. The molecule has 3 aromatic rings. The molecule has 2 aromatic carbocycles. The second-order valence-electron chi connectivity index (χ2n) is 6.22. The van der Waals surface area contributed by atoms with Crippen LogP contribution in [0.1, 0.15) is 11.1 Å². The zero-order chi connectivity index (χ0) is 23.9. The van der Waals surface area contributed by atoms with Gasteiger partial charge in [-0.05, 0) is 41.8 Å². The van der Waals surface area contributed by atoms with Crippen molar-refractivity contribution in [1.82, 2.24) is 4.72 Å². The molecule has 0 aliphatic carbocycles. The Morgan fingerprint density at radius 2 is 1.91 bits per heavy atom. The van der Waals surface area contributed by atoms with Crippen molar-refractivity contribution in [3.8, 4) is 11.8 Å². The lowest BCUT2D eigenvalue weighted by Crippen LogP contribution is -2.25. The Hall–Kier alpha value is -1.84. The summed E-state index contributed by atoms with van der Waals surface area (Å²) >= 11 is 12.7. The maximum atomic E-state index is 13.0. The maximum absolute atomic E-state index is 13.0. The van der Waals surface area contributed by atoms with Crippen molar-refractivity contribution in [3.05, 3.63) is 57.6 Å². The number of nitriles is 1. The van der Waals surface area contributed by atoms with Gasteiger partial charge in [-0.1, -0.05) is 23.2 Å². The molecule has 32 heavy (non-hydrogen) atoms. The number of halogens is 5. The van der Waals surface area contributed by atoms with Gasteiger partial charge in [-0.15, -0.1) is 11.3 Å². The first-order valence-corrected chi connectivity index (χ1v) is 13.0. The number of hydrogen-bond acceptors (Lipinski definition) is 6. The Bertz CT molecular complexity index is 1400. The van der Waals surface area contributed by atoms with E-state index < -0.39 is 47.0 Å². The van der Waals surface area contributed by atoms with Crippen molar-refractivity contribution in [2.45, 2.75) is 10.4 Å². The van der Waals surface area contributed by atoms with Crippen molar-refractivity contribution in [1.29, 1.82) is 5.26 Å². The summed E-state index contributed by atoms with van der Waals surface area (Å²) in [6, 6.07) is 7.58. The lowest BCUT2D eigenvalue weighted by Gasteiger charge is -2.16. The molecule has 170 valence electrons. The molecular weight excluding hydrogens is 535 g/mol. The van der Waals surface area contributed by atoms with E-state index in [9.17, 15) is 31.0 Å². The molecule has 0 saturated heterocycles. The van der Waals surface area contributed by atoms with Gasteiger partial charge in [0.15, 0.2) is 0 Å². The monoisotopic (exact) mass is 544 g/mol. The number of nitrogens with one attached hydrogen (secondary N) is 1. The maximum Gasteiger partial charge on any atom is 0.417 e. The van der Waals surface area contributed by atoms with Crippen LogP contribution in [0.4, 0.5) is 13.2 Å². The minimum Gasteiger partial charge on any atom is -0.424 e. The highest BCUT2D eigenvalue weighted by Gasteiger charge is 2.35. The van der Waals surface area contributed by atoms with E-state index in [1.807, 2.05) is 4.72 Å². The Morgan fingerprint density at radius 1 is 1.22 bits per heavy atom. The molecule has 0 aliphatic rings. The predicted molar refractivity (Wildman–Crippen MR) is 114 cm³/mol. The summed E-state index contributed by atoms with van der Waals surface area (Å²) < 4.78 is 83.2. The largest absolute Gasteiger partial charge is 0.424 e. The van der Waals surface area contributed by atoms with Gasteiger partial charge in [-0.3, -0.25) is 0 Å². The molecule has 1 atom stereocenters. The number of thiophene rings is 1. The van der Waals surface area contributed by atoms with Crippen LogP contribution in [0, 0.1) is 11.3 Å². The molecule has 0 radical (unpaired) electrons. The van der Waals surface area contributed by atoms with Gasteiger partial charge < -0.3 is 9.42 Å². The molecule has 0 bridgehead atoms. The van der Waals surface area contributed by atoms with E-state index in [-0.39, 0.29) is 14.3 Å². The number of rotatable bonds is 6. The predicted octanol–water partition coefficient (Wildman–Crippen LogP) is 5.60. The fourth-order valence-electron chi connectivity index (χ4n) is 2.53. The van der Waals surface area contributed by atoms with Gasteiger partial charge >= 0.3 is 13.8 Å². The molecule has 0 fully saturated rings. The van der Waals surface area contributed by atoms with Gasteiger partial charge in [0.2, 0.25) is 0 Å². The molecule has 3 rings (SSSR count). The SMILES string of the molecule is N#Cc1ccc(OP(=O)(O)CNS(=O)(=O)c2cc3cc(Cl)cc(Cl)c3s2)cc1C(F)(F)F. The molecule has 2 N–H and O–H groups in total. The third-order valence-electron chi connectivity index (χ3n) is 3.90. The number of fused-ring (bicyclic) bond motifs is 1. The van der Waals surface area contributed by atoms with Crippen LogP contribution in [0.15, 0.2) is 40.6 Å². The number of benzene rings is 2. The Morgan fingerprint density at radius 3 is 2.53 bits per heavy atom. The third-order valence-corrected chi connectivity index (χ3v) is 8.85. The standard InChI is InChI=1S/C17H10Cl2F3N2O5PS2/c18-11-3-10-4-15(31-16(10)14(19)5-11)32(27,28)24-8-30(25,26)29-12-2-1-9(7-23)13(6-12)17(20,21)22/h1-6,24H,8H2,(H,25,26). The molecule has 1 unspecified atom stereocenters. The summed E-state index contributed by atoms with van der Waals surface area (Å²) in [6.07, 6.45) is -6.03. The van der Waals surface area contributed by atoms with E-state index in [2.05, 4.69) is 0 Å². The Labute approximate surface area is 193 Å². The molecule has 0 saturated carbocycles. The van der Waals surface area contributed by atoms with Crippen LogP contribution in [-0.2, 0) is 20.8 Å². The van der Waals surface area contributed by atoms with Crippen molar-refractivity contribution < 1.29 is 35.6 Å². The average Bonchev–Trinajstić information content (AvgIpc) is 3.11. The summed E-state index contributed by atoms with van der Waals surface area (Å²) in [5.74, 6) is -0.662. The van der Waals surface area contributed by atoms with Crippen molar-refractivity contribution in [2.24, 2.45) is 0 Å². The molecule has 0 aliphatic heterocycles. The van der Waals surface area contributed by atoms with Crippen LogP contribution in [0.2, 0.25) is 10.0 Å². The van der Waals surface area contributed by atoms with Gasteiger partial charge in [0.1, 0.15) is 16.2 Å². The third kappa shape index (κ3) is 5.55. The first-order chi connectivity index (χ1) is 14.7. The van der Waals surface area contributed by atoms with E-state index in [1.165, 1.54) is 24.3 Å². The molecule has 7 nitrogen and oxygen atoms in total. The molecule has 0 amide bonds. The smallest absolute Gasteiger partial charge is 0.417 e. The second kappa shape index (κ2) is 8.83. The van der Waals surface area contributed by atoms with Crippen LogP contribution in [0.25, 0.3) is 10.1 Å². The van der Waals surface area contributed by atoms with Crippen LogP contribution in [0.5, 0.6) is 5.75 Å². The van der Waals surface area contributed by atoms with Gasteiger partial charge in [-0.25, -0.2) is 13.0 Å². The van der Waals surface area contributed by atoms with Crippen LogP contribution < -0.4 is 9.25 Å². The molecular formula is C17H10Cl2F3N2O5PS2. The lowest BCUT2D eigenvalue weighted by atomic mass is 10.1. The number of nitrogens with zero attached hydrogens (tertiary/aromatic N) is 1. The van der Waals surface area contributed by atoms with Crippen LogP contribution >= 0.6 is 42.1 Å². The highest BCUT2D eigenvalue weighted by atomic mass is 35.5. The lowest BCUT2D eigenvalue weighted by molar-refractivity contribution is -0.137. The van der Waals surface area contributed by atoms with E-state index >= 15 is 0 Å². The molecule has 1 heterocycles. The topological polar surface area (TPSA) is 116 Å². The van der Waals surface area contributed by atoms with Crippen LogP contribution in [-0.4, -0.2) is 19.6 Å². The zero-order valence-corrected chi connectivity index (χ0v) is 19.4. The summed E-state index contributed by atoms with van der Waals surface area (Å²) in [7, 11) is -9.05. The summed E-state index contributed by atoms with van der Waals surface area (Å²) in [4.78, 5) is 9.94. The van der Waals surface area contributed by atoms with E-state index in [0.29, 0.717) is 16.2 Å². The number of alkyl halides is 3. The van der Waals surface area contributed by atoms with E-state index in [4.69, 9.17) is 33.0 Å². The van der Waals surface area contributed by atoms with Crippen molar-refractivity contribution >= 4 is 62.2 Å². The Balaban J connectivity index is 1.80. The minimum absolute atomic E-state index is 0.219. The minimum atomic E-state index is -4.91. The van der Waals surface area contributed by atoms with Gasteiger partial charge in [0.05, 0.1) is 26.9 Å². The van der Waals surface area contributed by atoms with E-state index in [1.54, 1.807) is 0 Å². The first-order valence-electron chi connectivity index (χ1n) is 8.23. The quantitative estimate of drug-likeness (QED) is 0.390. The highest BCUT2D eigenvalue weighted by molar-refractivity contribution is 7.92. The van der Waals surface area contributed by atoms with Crippen molar-refractivity contribution in [3.63, 3.8) is 0 Å². The summed E-state index contributed by atoms with van der Waals surface area (Å²) in [6.45, 7) is 0. The summed E-state index contributed by atoms with van der Waals surface area (Å²) in [5.41, 5.74) is -2.07. The average molecular weight is 545 g/mol. The molecule has 0 spiro atoms. The summed E-state index contributed by atoms with van der Waals surface area (Å²) in [5, 5.41) is 9.73. The van der Waals surface area contributed by atoms with E-state index in [0.717, 1.165) is 23.5 Å². The zero-order valence-electron chi connectivity index (χ0n) is 15.4. The van der Waals surface area contributed by atoms with Gasteiger partial charge in [0.25, 0.3) is 10.0 Å². The highest BCUT2D eigenvalue weighted by Crippen LogP contribution is 2.44. The Kier molecular flexibility index (Phi) is 6.85. The first kappa shape index (κ1) is 24.8. The fraction of sp³-hybridized carbons (Fsp3) is 0.118. The van der Waals surface area contributed by atoms with Crippen LogP contribution in [0.3, 0.4) is 0 Å². The second-order valence-corrected chi connectivity index (χ2v) is 11.9. The van der Waals surface area contributed by atoms with Gasteiger partial charge in [0, 0.05) is 5.02 Å².